The third-order valence-electron chi connectivity index (χ3n) is 3.34. The van der Waals surface area contributed by atoms with Gasteiger partial charge in [-0.15, -0.1) is 0 Å². The molecule has 0 amide bonds. The topological polar surface area (TPSA) is 81.9 Å². The predicted octanol–water partition coefficient (Wildman–Crippen LogP) is 0.383. The van der Waals surface area contributed by atoms with Crippen molar-refractivity contribution in [1.82, 2.24) is 4.90 Å². The van der Waals surface area contributed by atoms with Crippen LogP contribution >= 0.6 is 0 Å². The van der Waals surface area contributed by atoms with Gasteiger partial charge in [-0.1, -0.05) is 0 Å². The Labute approximate surface area is 119 Å². The Morgan fingerprint density at radius 1 is 1.35 bits per heavy atom. The normalized spacial score (nSPS) is 17.1. The lowest BCUT2D eigenvalue weighted by molar-refractivity contribution is 0.0408. The molecule has 0 aliphatic carbocycles. The number of methoxy groups -OCH3 is 1. The van der Waals surface area contributed by atoms with Gasteiger partial charge in [0.05, 0.1) is 36.7 Å². The number of ether oxygens (including phenoxy) is 2. The van der Waals surface area contributed by atoms with Crippen LogP contribution in [0.1, 0.15) is 0 Å². The van der Waals surface area contributed by atoms with Crippen LogP contribution in [0.3, 0.4) is 0 Å². The third kappa shape index (κ3) is 3.62. The zero-order valence-electron chi connectivity index (χ0n) is 11.5. The van der Waals surface area contributed by atoms with Gasteiger partial charge in [-0.3, -0.25) is 4.90 Å². The number of sulfone groups is 1. The van der Waals surface area contributed by atoms with E-state index in [2.05, 4.69) is 4.90 Å². The highest BCUT2D eigenvalue weighted by Gasteiger charge is 2.21. The van der Waals surface area contributed by atoms with Crippen LogP contribution in [-0.2, 0) is 14.6 Å². The summed E-state index contributed by atoms with van der Waals surface area (Å²) >= 11 is 0. The highest BCUT2D eigenvalue weighted by Crippen LogP contribution is 2.25. The maximum absolute atomic E-state index is 12.4. The second-order valence-electron chi connectivity index (χ2n) is 4.68. The first-order valence-corrected chi connectivity index (χ1v) is 8.14. The minimum absolute atomic E-state index is 0.0460. The molecule has 6 nitrogen and oxygen atoms in total. The Morgan fingerprint density at radius 3 is 2.70 bits per heavy atom. The summed E-state index contributed by atoms with van der Waals surface area (Å²) < 4.78 is 35.0. The monoisotopic (exact) mass is 300 g/mol. The molecule has 0 saturated carbocycles. The van der Waals surface area contributed by atoms with Gasteiger partial charge < -0.3 is 15.2 Å². The van der Waals surface area contributed by atoms with E-state index in [1.807, 2.05) is 0 Å². The minimum Gasteiger partial charge on any atom is -0.497 e. The summed E-state index contributed by atoms with van der Waals surface area (Å²) in [5.74, 6) is 0.536. The predicted molar refractivity (Wildman–Crippen MR) is 76.7 cm³/mol. The Hall–Kier alpha value is -1.31. The first-order valence-electron chi connectivity index (χ1n) is 6.49. The zero-order valence-corrected chi connectivity index (χ0v) is 12.4. The fraction of sp³-hybridized carbons (Fsp3) is 0.538. The molecular weight excluding hydrogens is 280 g/mol. The van der Waals surface area contributed by atoms with Crippen LogP contribution in [0.15, 0.2) is 23.1 Å². The Morgan fingerprint density at radius 2 is 2.05 bits per heavy atom. The molecule has 1 fully saturated rings. The quantitative estimate of drug-likeness (QED) is 0.792. The number of benzene rings is 1. The standard InChI is InChI=1S/C13H20N2O4S/c1-18-11-2-3-12(14)13(10-11)20(16,17)9-6-15-4-7-19-8-5-15/h2-3,10H,4-9,14H2,1H3. The van der Waals surface area contributed by atoms with Crippen LogP contribution in [0.2, 0.25) is 0 Å². The number of nitrogens with zero attached hydrogens (tertiary/aromatic N) is 1. The van der Waals surface area contributed by atoms with Gasteiger partial charge in [0.15, 0.2) is 9.84 Å². The fourth-order valence-corrected chi connectivity index (χ4v) is 3.54. The summed E-state index contributed by atoms with van der Waals surface area (Å²) in [4.78, 5) is 2.22. The number of nitrogens with two attached hydrogens (primary N) is 1. The molecular formula is C13H20N2O4S. The van der Waals surface area contributed by atoms with Gasteiger partial charge in [-0.25, -0.2) is 8.42 Å². The molecule has 0 atom stereocenters. The molecule has 0 unspecified atom stereocenters. The second-order valence-corrected chi connectivity index (χ2v) is 6.75. The molecule has 20 heavy (non-hydrogen) atoms. The van der Waals surface area contributed by atoms with Crippen molar-refractivity contribution in [2.45, 2.75) is 4.90 Å². The summed E-state index contributed by atoms with van der Waals surface area (Å²) in [6, 6.07) is 4.68. The molecule has 2 N–H and O–H groups in total. The van der Waals surface area contributed by atoms with Crippen LogP contribution in [0.5, 0.6) is 5.75 Å². The largest absolute Gasteiger partial charge is 0.497 e. The van der Waals surface area contributed by atoms with E-state index in [4.69, 9.17) is 15.2 Å². The van der Waals surface area contributed by atoms with Crippen molar-refractivity contribution in [1.29, 1.82) is 0 Å². The van der Waals surface area contributed by atoms with Gasteiger partial charge in [-0.2, -0.15) is 0 Å². The van der Waals surface area contributed by atoms with Crippen LogP contribution in [-0.4, -0.2) is 59.0 Å². The molecule has 1 aromatic carbocycles. The van der Waals surface area contributed by atoms with E-state index in [-0.39, 0.29) is 16.3 Å². The van der Waals surface area contributed by atoms with Gasteiger partial charge >= 0.3 is 0 Å². The number of nitrogen functional groups attached to an aromatic ring is 1. The number of morpholine rings is 1. The van der Waals surface area contributed by atoms with Gasteiger partial charge in [0.1, 0.15) is 5.75 Å². The van der Waals surface area contributed by atoms with E-state index in [9.17, 15) is 8.42 Å². The number of anilines is 1. The van der Waals surface area contributed by atoms with Crippen molar-refractivity contribution in [3.05, 3.63) is 18.2 Å². The molecule has 2 rings (SSSR count). The van der Waals surface area contributed by atoms with Crippen molar-refractivity contribution in [2.24, 2.45) is 0 Å². The molecule has 1 aromatic rings. The molecule has 0 aromatic heterocycles. The summed E-state index contributed by atoms with van der Waals surface area (Å²) in [7, 11) is -1.91. The van der Waals surface area contributed by atoms with E-state index < -0.39 is 9.84 Å². The van der Waals surface area contributed by atoms with E-state index in [1.54, 1.807) is 12.1 Å². The van der Waals surface area contributed by atoms with E-state index >= 15 is 0 Å². The van der Waals surface area contributed by atoms with Crippen molar-refractivity contribution in [2.75, 3.05) is 51.4 Å². The SMILES string of the molecule is COc1ccc(N)c(S(=O)(=O)CCN2CCOCC2)c1. The lowest BCUT2D eigenvalue weighted by atomic mass is 10.3. The summed E-state index contributed by atoms with van der Waals surface area (Å²) in [5, 5.41) is 0. The summed E-state index contributed by atoms with van der Waals surface area (Å²) in [6.45, 7) is 3.33. The highest BCUT2D eigenvalue weighted by atomic mass is 32.2. The number of hydrogen-bond acceptors (Lipinski definition) is 6. The Kier molecular flexibility index (Phi) is 4.85. The molecule has 0 spiro atoms. The average Bonchev–Trinajstić information content (AvgIpc) is 2.47. The lowest BCUT2D eigenvalue weighted by Crippen LogP contribution is -2.39. The molecule has 112 valence electrons. The Bertz CT molecular complexity index is 553. The van der Waals surface area contributed by atoms with Crippen molar-refractivity contribution >= 4 is 15.5 Å². The molecule has 0 bridgehead atoms. The molecule has 1 heterocycles. The van der Waals surface area contributed by atoms with E-state index in [1.165, 1.54) is 13.2 Å². The van der Waals surface area contributed by atoms with Gasteiger partial charge in [0.25, 0.3) is 0 Å². The highest BCUT2D eigenvalue weighted by molar-refractivity contribution is 7.91. The molecule has 0 radical (unpaired) electrons. The lowest BCUT2D eigenvalue weighted by Gasteiger charge is -2.26. The van der Waals surface area contributed by atoms with Crippen LogP contribution in [0.4, 0.5) is 5.69 Å². The Balaban J connectivity index is 2.09. The third-order valence-corrected chi connectivity index (χ3v) is 5.08. The van der Waals surface area contributed by atoms with Crippen LogP contribution in [0, 0.1) is 0 Å². The maximum atomic E-state index is 12.4. The van der Waals surface area contributed by atoms with E-state index in [0.717, 1.165) is 13.1 Å². The molecule has 7 heteroatoms. The summed E-state index contributed by atoms with van der Waals surface area (Å²) in [5.41, 5.74) is 6.03. The first-order chi connectivity index (χ1) is 9.53. The fourth-order valence-electron chi connectivity index (χ4n) is 2.10. The smallest absolute Gasteiger partial charge is 0.181 e. The summed E-state index contributed by atoms with van der Waals surface area (Å²) in [6.07, 6.45) is 0. The van der Waals surface area contributed by atoms with Crippen LogP contribution in [0.25, 0.3) is 0 Å². The molecule has 1 aliphatic heterocycles. The van der Waals surface area contributed by atoms with Gasteiger partial charge in [0, 0.05) is 25.7 Å². The zero-order chi connectivity index (χ0) is 14.6. The molecule has 1 aliphatic rings. The van der Waals surface area contributed by atoms with Crippen LogP contribution < -0.4 is 10.5 Å². The van der Waals surface area contributed by atoms with Crippen molar-refractivity contribution in [3.63, 3.8) is 0 Å². The maximum Gasteiger partial charge on any atom is 0.181 e. The molecule has 1 saturated heterocycles. The second kappa shape index (κ2) is 6.43. The first kappa shape index (κ1) is 15.1. The van der Waals surface area contributed by atoms with Crippen molar-refractivity contribution < 1.29 is 17.9 Å². The number of hydrogen-bond donors (Lipinski definition) is 1. The van der Waals surface area contributed by atoms with E-state index in [0.29, 0.717) is 25.5 Å². The minimum atomic E-state index is -3.41. The van der Waals surface area contributed by atoms with Crippen molar-refractivity contribution in [3.8, 4) is 5.75 Å². The number of rotatable bonds is 5. The average molecular weight is 300 g/mol. The van der Waals surface area contributed by atoms with Gasteiger partial charge in [0.2, 0.25) is 0 Å². The van der Waals surface area contributed by atoms with Gasteiger partial charge in [-0.05, 0) is 12.1 Å².